The van der Waals surface area contributed by atoms with Crippen LogP contribution in [0.1, 0.15) is 21.7 Å². The summed E-state index contributed by atoms with van der Waals surface area (Å²) >= 11 is 1.53. The van der Waals surface area contributed by atoms with E-state index in [1.165, 1.54) is 11.8 Å². The van der Waals surface area contributed by atoms with Gasteiger partial charge in [-0.25, -0.2) is 4.68 Å². The van der Waals surface area contributed by atoms with E-state index in [1.54, 1.807) is 16.9 Å². The molecule has 2 aromatic heterocycles. The third-order valence-electron chi connectivity index (χ3n) is 4.47. The van der Waals surface area contributed by atoms with Gasteiger partial charge in [-0.15, -0.1) is 10.2 Å². The number of nitrogens with one attached hydrogen (secondary N) is 1. The van der Waals surface area contributed by atoms with Gasteiger partial charge in [0.1, 0.15) is 0 Å². The molecule has 1 N–H and O–H groups in total. The summed E-state index contributed by atoms with van der Waals surface area (Å²) in [6.07, 6.45) is 5.46. The topological polar surface area (TPSA) is 77.6 Å². The van der Waals surface area contributed by atoms with E-state index in [2.05, 4.69) is 32.7 Å². The first-order chi connectivity index (χ1) is 14.3. The smallest absolute Gasteiger partial charge is 0.253 e. The van der Waals surface area contributed by atoms with Crippen molar-refractivity contribution < 1.29 is 4.79 Å². The highest BCUT2D eigenvalue weighted by Gasteiger charge is 2.16. The lowest BCUT2D eigenvalue weighted by Gasteiger charge is -2.12. The number of hydrogen-bond acceptors (Lipinski definition) is 5. The zero-order chi connectivity index (χ0) is 20.1. The van der Waals surface area contributed by atoms with Crippen LogP contribution >= 0.6 is 11.8 Å². The number of para-hydroxylation sites is 1. The van der Waals surface area contributed by atoms with Crippen molar-refractivity contribution in [1.29, 1.82) is 0 Å². The number of carbonyl (C=O) groups excluding carboxylic acids is 1. The Balaban J connectivity index is 1.53. The number of thioether (sulfide) groups is 1. The summed E-state index contributed by atoms with van der Waals surface area (Å²) in [6.45, 7) is 0.936. The molecule has 0 radical (unpaired) electrons. The number of aromatic nitrogens is 5. The molecular weight excluding hydrogens is 384 g/mol. The molecule has 29 heavy (non-hydrogen) atoms. The van der Waals surface area contributed by atoms with Crippen molar-refractivity contribution in [3.05, 3.63) is 90.0 Å². The van der Waals surface area contributed by atoms with E-state index in [-0.39, 0.29) is 12.5 Å². The van der Waals surface area contributed by atoms with Gasteiger partial charge in [0.25, 0.3) is 5.91 Å². The van der Waals surface area contributed by atoms with Gasteiger partial charge in [-0.2, -0.15) is 5.10 Å². The first-order valence-electron chi connectivity index (χ1n) is 9.13. The second-order valence-electron chi connectivity index (χ2n) is 6.33. The zero-order valence-corrected chi connectivity index (χ0v) is 16.7. The SMILES string of the molecule is CSc1nnc(CNC(=O)c2ccccc2-n2cccn2)n1Cc1ccccc1. The number of amides is 1. The van der Waals surface area contributed by atoms with Gasteiger partial charge in [-0.3, -0.25) is 4.79 Å². The minimum atomic E-state index is -0.184. The number of rotatable bonds is 7. The van der Waals surface area contributed by atoms with Gasteiger partial charge in [-0.1, -0.05) is 54.2 Å². The fraction of sp³-hybridized carbons (Fsp3) is 0.143. The number of carbonyl (C=O) groups is 1. The molecular formula is C21H20N6OS. The fourth-order valence-corrected chi connectivity index (χ4v) is 3.57. The highest BCUT2D eigenvalue weighted by molar-refractivity contribution is 7.98. The molecule has 4 aromatic rings. The van der Waals surface area contributed by atoms with E-state index >= 15 is 0 Å². The molecule has 0 unspecified atom stereocenters. The van der Waals surface area contributed by atoms with Gasteiger partial charge in [0, 0.05) is 12.4 Å². The molecule has 2 aromatic carbocycles. The Hall–Kier alpha value is -3.39. The van der Waals surface area contributed by atoms with E-state index in [0.717, 1.165) is 16.4 Å². The maximum Gasteiger partial charge on any atom is 0.253 e. The lowest BCUT2D eigenvalue weighted by Crippen LogP contribution is -2.26. The zero-order valence-electron chi connectivity index (χ0n) is 15.9. The molecule has 2 heterocycles. The molecule has 146 valence electrons. The van der Waals surface area contributed by atoms with Gasteiger partial charge < -0.3 is 9.88 Å². The van der Waals surface area contributed by atoms with Gasteiger partial charge in [0.15, 0.2) is 11.0 Å². The molecule has 0 aliphatic heterocycles. The minimum Gasteiger partial charge on any atom is -0.345 e. The summed E-state index contributed by atoms with van der Waals surface area (Å²) in [7, 11) is 0. The molecule has 0 saturated heterocycles. The van der Waals surface area contributed by atoms with Crippen LogP contribution in [0.3, 0.4) is 0 Å². The summed E-state index contributed by atoms with van der Waals surface area (Å²) in [5.41, 5.74) is 2.43. The Bertz CT molecular complexity index is 1090. The minimum absolute atomic E-state index is 0.184. The Morgan fingerprint density at radius 1 is 1.03 bits per heavy atom. The molecule has 8 heteroatoms. The Labute approximate surface area is 172 Å². The molecule has 0 fully saturated rings. The van der Waals surface area contributed by atoms with Crippen LogP contribution in [0.15, 0.2) is 78.2 Å². The predicted octanol–water partition coefficient (Wildman–Crippen LogP) is 3.16. The van der Waals surface area contributed by atoms with Crippen LogP contribution in [-0.2, 0) is 13.1 Å². The van der Waals surface area contributed by atoms with Crippen molar-refractivity contribution in [3.8, 4) is 5.69 Å². The third-order valence-corrected chi connectivity index (χ3v) is 5.13. The van der Waals surface area contributed by atoms with E-state index < -0.39 is 0 Å². The second-order valence-corrected chi connectivity index (χ2v) is 7.10. The third kappa shape index (κ3) is 4.22. The lowest BCUT2D eigenvalue weighted by atomic mass is 10.1. The van der Waals surface area contributed by atoms with Crippen LogP contribution in [0.5, 0.6) is 0 Å². The van der Waals surface area contributed by atoms with Gasteiger partial charge in [0.05, 0.1) is 24.3 Å². The maximum atomic E-state index is 12.9. The fourth-order valence-electron chi connectivity index (χ4n) is 3.06. The van der Waals surface area contributed by atoms with Crippen LogP contribution in [0.2, 0.25) is 0 Å². The highest BCUT2D eigenvalue weighted by atomic mass is 32.2. The molecule has 0 bridgehead atoms. The summed E-state index contributed by atoms with van der Waals surface area (Å²) in [4.78, 5) is 12.9. The van der Waals surface area contributed by atoms with Crippen molar-refractivity contribution in [2.75, 3.05) is 6.26 Å². The lowest BCUT2D eigenvalue weighted by molar-refractivity contribution is 0.0949. The van der Waals surface area contributed by atoms with E-state index in [0.29, 0.717) is 17.9 Å². The van der Waals surface area contributed by atoms with Crippen molar-refractivity contribution in [1.82, 2.24) is 29.9 Å². The van der Waals surface area contributed by atoms with Crippen molar-refractivity contribution >= 4 is 17.7 Å². The molecule has 0 aliphatic rings. The predicted molar refractivity (Wildman–Crippen MR) is 112 cm³/mol. The average Bonchev–Trinajstić information content (AvgIpc) is 3.43. The van der Waals surface area contributed by atoms with E-state index in [4.69, 9.17) is 0 Å². The number of hydrogen-bond donors (Lipinski definition) is 1. The van der Waals surface area contributed by atoms with Gasteiger partial charge in [0.2, 0.25) is 0 Å². The first-order valence-corrected chi connectivity index (χ1v) is 10.4. The highest BCUT2D eigenvalue weighted by Crippen LogP contribution is 2.17. The molecule has 0 saturated carbocycles. The summed E-state index contributed by atoms with van der Waals surface area (Å²) in [5, 5.41) is 16.5. The van der Waals surface area contributed by atoms with Crippen LogP contribution in [0, 0.1) is 0 Å². The van der Waals surface area contributed by atoms with Gasteiger partial charge in [-0.05, 0) is 30.0 Å². The van der Waals surface area contributed by atoms with Crippen LogP contribution in [0.25, 0.3) is 5.69 Å². The van der Waals surface area contributed by atoms with Gasteiger partial charge >= 0.3 is 0 Å². The normalized spacial score (nSPS) is 10.8. The summed E-state index contributed by atoms with van der Waals surface area (Å²) < 4.78 is 3.71. The number of benzene rings is 2. The molecule has 4 rings (SSSR count). The first kappa shape index (κ1) is 18.9. The molecule has 0 atom stereocenters. The van der Waals surface area contributed by atoms with Crippen LogP contribution in [0.4, 0.5) is 0 Å². The molecule has 7 nitrogen and oxygen atoms in total. The second kappa shape index (κ2) is 8.74. The monoisotopic (exact) mass is 404 g/mol. The van der Waals surface area contributed by atoms with Crippen molar-refractivity contribution in [3.63, 3.8) is 0 Å². The number of nitrogens with zero attached hydrogens (tertiary/aromatic N) is 5. The largest absolute Gasteiger partial charge is 0.345 e. The average molecular weight is 404 g/mol. The standard InChI is InChI=1S/C21H20N6OS/c1-29-21-25-24-19(26(21)15-16-8-3-2-4-9-16)14-22-20(28)17-10-5-6-11-18(17)27-13-7-12-23-27/h2-13H,14-15H2,1H3,(H,22,28). The molecule has 0 aliphatic carbocycles. The summed E-state index contributed by atoms with van der Waals surface area (Å²) in [6, 6.07) is 19.3. The van der Waals surface area contributed by atoms with Crippen molar-refractivity contribution in [2.24, 2.45) is 0 Å². The maximum absolute atomic E-state index is 12.9. The van der Waals surface area contributed by atoms with Crippen molar-refractivity contribution in [2.45, 2.75) is 18.2 Å². The summed E-state index contributed by atoms with van der Waals surface area (Å²) in [5.74, 6) is 0.527. The Morgan fingerprint density at radius 3 is 2.59 bits per heavy atom. The molecule has 0 spiro atoms. The Morgan fingerprint density at radius 2 is 1.83 bits per heavy atom. The van der Waals surface area contributed by atoms with E-state index in [1.807, 2.05) is 59.5 Å². The molecule has 1 amide bonds. The van der Waals surface area contributed by atoms with Crippen LogP contribution in [-0.4, -0.2) is 36.7 Å². The van der Waals surface area contributed by atoms with Crippen LogP contribution < -0.4 is 5.32 Å². The Kier molecular flexibility index (Phi) is 5.71. The quantitative estimate of drug-likeness (QED) is 0.479. The van der Waals surface area contributed by atoms with E-state index in [9.17, 15) is 4.79 Å².